The molecule has 0 aliphatic rings. The summed E-state index contributed by atoms with van der Waals surface area (Å²) in [5, 5.41) is 2.64. The summed E-state index contributed by atoms with van der Waals surface area (Å²) in [5.74, 6) is -0.302. The van der Waals surface area contributed by atoms with Crippen LogP contribution >= 0.6 is 0 Å². The maximum absolute atomic E-state index is 13.1. The van der Waals surface area contributed by atoms with Crippen molar-refractivity contribution in [1.82, 2.24) is 9.55 Å². The second-order valence-electron chi connectivity index (χ2n) is 9.99. The van der Waals surface area contributed by atoms with Crippen LogP contribution in [0, 0.1) is 0 Å². The van der Waals surface area contributed by atoms with Gasteiger partial charge in [-0.2, -0.15) is 0 Å². The predicted octanol–water partition coefficient (Wildman–Crippen LogP) is 5.93. The minimum Gasteiger partial charge on any atom is -0.465 e. The van der Waals surface area contributed by atoms with Crippen molar-refractivity contribution in [2.24, 2.45) is 0 Å². The van der Waals surface area contributed by atoms with Crippen molar-refractivity contribution in [3.05, 3.63) is 72.2 Å². The topological polar surface area (TPSA) is 91.7 Å². The third-order valence-corrected chi connectivity index (χ3v) is 7.52. The van der Waals surface area contributed by atoms with Gasteiger partial charge in [0.05, 0.1) is 19.4 Å². The number of anilines is 1. The van der Waals surface area contributed by atoms with E-state index in [9.17, 15) is 9.59 Å². The van der Waals surface area contributed by atoms with E-state index in [1.807, 2.05) is 53.2 Å². The highest BCUT2D eigenvalue weighted by Gasteiger charge is 2.28. The zero-order chi connectivity index (χ0) is 26.8. The van der Waals surface area contributed by atoms with Crippen LogP contribution in [0.4, 0.5) is 10.5 Å². The van der Waals surface area contributed by atoms with Crippen LogP contribution in [0.5, 0.6) is 0 Å². The van der Waals surface area contributed by atoms with E-state index < -0.39 is 20.1 Å². The van der Waals surface area contributed by atoms with E-state index in [0.29, 0.717) is 43.6 Å². The molecule has 1 amide bonds. The summed E-state index contributed by atoms with van der Waals surface area (Å²) in [7, 11) is 0.0777. The van der Waals surface area contributed by atoms with E-state index in [-0.39, 0.29) is 5.97 Å². The molecule has 1 heterocycles. The first-order valence-electron chi connectivity index (χ1n) is 12.5. The first-order valence-corrected chi connectivity index (χ1v) is 16.2. The number of methoxy groups -OCH3 is 1. The number of amides is 1. The summed E-state index contributed by atoms with van der Waals surface area (Å²) in [6, 6.07) is 18.2. The normalized spacial score (nSPS) is 12.1. The first kappa shape index (κ1) is 28.1. The van der Waals surface area contributed by atoms with Gasteiger partial charge >= 0.3 is 12.1 Å². The van der Waals surface area contributed by atoms with E-state index in [4.69, 9.17) is 14.5 Å². The van der Waals surface area contributed by atoms with Gasteiger partial charge < -0.3 is 18.8 Å². The summed E-state index contributed by atoms with van der Waals surface area (Å²) in [6.45, 7) is 9.97. The van der Waals surface area contributed by atoms with E-state index in [1.165, 1.54) is 7.11 Å². The molecule has 1 atom stereocenters. The molecular weight excluding hydrogens is 486 g/mol. The molecule has 1 unspecified atom stereocenters. The molecule has 0 saturated carbocycles. The smallest absolute Gasteiger partial charge is 0.411 e. The number of carbonyl (C=O) groups excluding carboxylic acids is 2. The van der Waals surface area contributed by atoms with Gasteiger partial charge in [0.15, 0.2) is 0 Å². The molecule has 1 N–H and O–H groups in total. The molecule has 0 spiro atoms. The second-order valence-corrected chi connectivity index (χ2v) is 15.6. The summed E-state index contributed by atoms with van der Waals surface area (Å²) in [5.41, 5.74) is 3.18. The number of esters is 1. The minimum atomic E-state index is -1.24. The highest BCUT2D eigenvalue weighted by atomic mass is 28.3. The number of aromatic nitrogens is 2. The Balaban J connectivity index is 1.94. The maximum atomic E-state index is 13.1. The first-order chi connectivity index (χ1) is 17.7. The standard InChI is InChI=1S/C28H37N3O5Si/c1-6-36-27(32)24(18-21-10-8-7-9-11-21)26-30-25(19-31(26)20-35-16-17-37(3,4)5)22-12-14-23(15-13-22)29-28(33)34-2/h7-15,19,24H,6,16-18,20H2,1-5H3,(H,29,33). The number of nitrogens with zero attached hydrogens (tertiary/aromatic N) is 2. The van der Waals surface area contributed by atoms with Gasteiger partial charge in [0, 0.05) is 32.1 Å². The van der Waals surface area contributed by atoms with Gasteiger partial charge in [0.2, 0.25) is 0 Å². The van der Waals surface area contributed by atoms with Crippen molar-refractivity contribution in [2.75, 3.05) is 25.6 Å². The van der Waals surface area contributed by atoms with Crippen LogP contribution < -0.4 is 5.32 Å². The number of carbonyl (C=O) groups is 2. The predicted molar refractivity (Wildman–Crippen MR) is 147 cm³/mol. The third kappa shape index (κ3) is 8.58. The van der Waals surface area contributed by atoms with E-state index in [1.54, 1.807) is 19.1 Å². The Hall–Kier alpha value is -3.43. The molecule has 0 radical (unpaired) electrons. The Labute approximate surface area is 220 Å². The highest BCUT2D eigenvalue weighted by molar-refractivity contribution is 6.76. The largest absolute Gasteiger partial charge is 0.465 e. The molecule has 0 aliphatic heterocycles. The third-order valence-electron chi connectivity index (χ3n) is 5.81. The molecule has 8 nitrogen and oxygen atoms in total. The number of rotatable bonds is 12. The van der Waals surface area contributed by atoms with Crippen LogP contribution in [0.25, 0.3) is 11.3 Å². The van der Waals surface area contributed by atoms with Gasteiger partial charge in [-0.1, -0.05) is 62.1 Å². The van der Waals surface area contributed by atoms with Crippen LogP contribution in [-0.2, 0) is 32.2 Å². The molecule has 0 bridgehead atoms. The lowest BCUT2D eigenvalue weighted by molar-refractivity contribution is -0.145. The Morgan fingerprint density at radius 1 is 1.05 bits per heavy atom. The zero-order valence-corrected chi connectivity index (χ0v) is 23.3. The fourth-order valence-corrected chi connectivity index (χ4v) is 4.51. The average Bonchev–Trinajstić information content (AvgIpc) is 3.29. The number of hydrogen-bond acceptors (Lipinski definition) is 6. The van der Waals surface area contributed by atoms with E-state index >= 15 is 0 Å². The fourth-order valence-electron chi connectivity index (χ4n) is 3.76. The SMILES string of the molecule is CCOC(=O)C(Cc1ccccc1)c1nc(-c2ccc(NC(=O)OC)cc2)cn1COCC[Si](C)(C)C. The number of imidazole rings is 1. The average molecular weight is 524 g/mol. The molecule has 0 fully saturated rings. The van der Waals surface area contributed by atoms with Crippen molar-refractivity contribution >= 4 is 25.8 Å². The molecule has 3 aromatic rings. The van der Waals surface area contributed by atoms with E-state index in [0.717, 1.165) is 17.2 Å². The molecular formula is C28H37N3O5Si. The molecule has 3 rings (SSSR count). The number of hydrogen-bond donors (Lipinski definition) is 1. The molecule has 2 aromatic carbocycles. The van der Waals surface area contributed by atoms with E-state index in [2.05, 4.69) is 29.7 Å². The second kappa shape index (κ2) is 13.2. The van der Waals surface area contributed by atoms with Crippen LogP contribution in [0.1, 0.15) is 24.2 Å². The van der Waals surface area contributed by atoms with Crippen LogP contribution in [0.15, 0.2) is 60.8 Å². The van der Waals surface area contributed by atoms with Gasteiger partial charge in [-0.25, -0.2) is 9.78 Å². The summed E-state index contributed by atoms with van der Waals surface area (Å²) >= 11 is 0. The summed E-state index contributed by atoms with van der Waals surface area (Å²) < 4.78 is 18.1. The number of nitrogens with one attached hydrogen (secondary N) is 1. The van der Waals surface area contributed by atoms with Gasteiger partial charge in [0.1, 0.15) is 18.5 Å². The quantitative estimate of drug-likeness (QED) is 0.180. The number of ether oxygens (including phenoxy) is 3. The fraction of sp³-hybridized carbons (Fsp3) is 0.393. The highest BCUT2D eigenvalue weighted by Crippen LogP contribution is 2.28. The van der Waals surface area contributed by atoms with Gasteiger partial charge in [0.25, 0.3) is 0 Å². The summed E-state index contributed by atoms with van der Waals surface area (Å²) in [4.78, 5) is 29.5. The van der Waals surface area contributed by atoms with Crippen LogP contribution in [0.2, 0.25) is 25.7 Å². The molecule has 0 saturated heterocycles. The molecule has 37 heavy (non-hydrogen) atoms. The number of benzene rings is 2. The van der Waals surface area contributed by atoms with Crippen molar-refractivity contribution in [3.8, 4) is 11.3 Å². The monoisotopic (exact) mass is 523 g/mol. The Morgan fingerprint density at radius 2 is 1.76 bits per heavy atom. The molecule has 198 valence electrons. The molecule has 1 aromatic heterocycles. The lowest BCUT2D eigenvalue weighted by Crippen LogP contribution is -2.24. The van der Waals surface area contributed by atoms with Gasteiger partial charge in [-0.15, -0.1) is 0 Å². The Morgan fingerprint density at radius 3 is 2.38 bits per heavy atom. The van der Waals surface area contributed by atoms with Gasteiger partial charge in [-0.3, -0.25) is 10.1 Å². The van der Waals surface area contributed by atoms with Crippen molar-refractivity contribution in [2.45, 2.75) is 51.7 Å². The Kier molecular flexibility index (Phi) is 10.0. The van der Waals surface area contributed by atoms with Crippen LogP contribution in [0.3, 0.4) is 0 Å². The maximum Gasteiger partial charge on any atom is 0.411 e. The van der Waals surface area contributed by atoms with Crippen molar-refractivity contribution in [3.63, 3.8) is 0 Å². The molecule has 9 heteroatoms. The summed E-state index contributed by atoms with van der Waals surface area (Å²) in [6.07, 6.45) is 1.84. The lowest BCUT2D eigenvalue weighted by atomic mass is 9.98. The van der Waals surface area contributed by atoms with Crippen LogP contribution in [-0.4, -0.2) is 50.0 Å². The van der Waals surface area contributed by atoms with Gasteiger partial charge in [-0.05, 0) is 37.1 Å². The van der Waals surface area contributed by atoms with Crippen molar-refractivity contribution in [1.29, 1.82) is 0 Å². The minimum absolute atomic E-state index is 0.291. The van der Waals surface area contributed by atoms with Crippen molar-refractivity contribution < 1.29 is 23.8 Å². The molecule has 0 aliphatic carbocycles. The lowest BCUT2D eigenvalue weighted by Gasteiger charge is -2.19. The zero-order valence-electron chi connectivity index (χ0n) is 22.3. The Bertz CT molecular complexity index is 1160.